The molecule has 0 aromatic carbocycles. The molecule has 0 radical (unpaired) electrons. The zero-order valence-corrected chi connectivity index (χ0v) is 29.3. The molecule has 1 N–H and O–H groups in total. The molecule has 0 amide bonds. The van der Waals surface area contributed by atoms with Crippen LogP contribution >= 0.6 is 0 Å². The van der Waals surface area contributed by atoms with E-state index in [1.807, 2.05) is 41.5 Å². The summed E-state index contributed by atoms with van der Waals surface area (Å²) in [6, 6.07) is 0. The minimum Gasteiger partial charge on any atom is -0.377 e. The van der Waals surface area contributed by atoms with E-state index in [4.69, 9.17) is 9.47 Å². The highest BCUT2D eigenvalue weighted by atomic mass is 16.5. The Morgan fingerprint density at radius 3 is 1.24 bits per heavy atom. The predicted octanol–water partition coefficient (Wildman–Crippen LogP) is 4.21. The molecule has 0 aromatic heterocycles. The van der Waals surface area contributed by atoms with Crippen molar-refractivity contribution in [2.24, 2.45) is 0 Å². The Labute approximate surface area is 257 Å². The lowest BCUT2D eigenvalue weighted by atomic mass is 10.1. The molecule has 0 aliphatic carbocycles. The number of hydrogen-bond donors (Lipinski definition) is 1. The topological polar surface area (TPSA) is 46.7 Å². The third-order valence-corrected chi connectivity index (χ3v) is 8.29. The Morgan fingerprint density at radius 1 is 0.512 bits per heavy atom. The Morgan fingerprint density at radius 2 is 0.878 bits per heavy atom. The van der Waals surface area contributed by atoms with Crippen molar-refractivity contribution in [2.75, 3.05) is 125 Å². The molecule has 4 aliphatic heterocycles. The van der Waals surface area contributed by atoms with Gasteiger partial charge in [0, 0.05) is 91.6 Å². The minimum absolute atomic E-state index is 0.514. The van der Waals surface area contributed by atoms with Gasteiger partial charge in [0.15, 0.2) is 0 Å². The van der Waals surface area contributed by atoms with Gasteiger partial charge in [0.05, 0.1) is 25.4 Å². The van der Waals surface area contributed by atoms with Crippen molar-refractivity contribution in [3.8, 4) is 0 Å². The van der Waals surface area contributed by atoms with Gasteiger partial charge in [-0.3, -0.25) is 9.80 Å². The minimum atomic E-state index is 0.514. The highest BCUT2D eigenvalue weighted by Crippen LogP contribution is 2.14. The lowest BCUT2D eigenvalue weighted by Gasteiger charge is -2.34. The average Bonchev–Trinajstić information content (AvgIpc) is 3.06. The lowest BCUT2D eigenvalue weighted by molar-refractivity contribution is -0.00466. The fourth-order valence-electron chi connectivity index (χ4n) is 5.49. The van der Waals surface area contributed by atoms with Crippen LogP contribution in [0, 0.1) is 0 Å². The van der Waals surface area contributed by atoms with Gasteiger partial charge in [-0.05, 0) is 45.8 Å². The monoisotopic (exact) mass is 587 g/mol. The van der Waals surface area contributed by atoms with Crippen molar-refractivity contribution in [3.05, 3.63) is 0 Å². The molecule has 0 unspecified atom stereocenters. The standard InChI is InChI=1S/C14H29N3O.C13H27N3O.3C2H6/c1-3-16-6-4-14(5-7-16)18-13-12-17-10-8-15(2)9-11-17;1-2-15-7-3-13(4-8-15)17-12-11-16-9-5-14-6-10-16;3*1-2/h14H,3-13H2,1-2H3;13-14H,2-12H2,1H3;3*1-2H3. The summed E-state index contributed by atoms with van der Waals surface area (Å²) in [5.74, 6) is 0. The van der Waals surface area contributed by atoms with E-state index < -0.39 is 0 Å². The van der Waals surface area contributed by atoms with Crippen molar-refractivity contribution in [1.29, 1.82) is 0 Å². The Bertz CT molecular complexity index is 514. The molecule has 0 saturated carbocycles. The number of hydrogen-bond acceptors (Lipinski definition) is 8. The molecule has 4 rings (SSSR count). The van der Waals surface area contributed by atoms with Gasteiger partial charge >= 0.3 is 0 Å². The van der Waals surface area contributed by atoms with Crippen LogP contribution in [-0.4, -0.2) is 162 Å². The molecule has 4 aliphatic rings. The SMILES string of the molecule is CC.CC.CC.CCN1CCC(OCCN2CCN(C)CC2)CC1.CCN1CCC(OCCN2CCNCC2)CC1. The van der Waals surface area contributed by atoms with E-state index in [2.05, 4.69) is 50.7 Å². The number of nitrogens with one attached hydrogen (secondary N) is 1. The highest BCUT2D eigenvalue weighted by Gasteiger charge is 2.20. The number of piperidine rings is 2. The molecule has 0 aromatic rings. The fourth-order valence-corrected chi connectivity index (χ4v) is 5.49. The summed E-state index contributed by atoms with van der Waals surface area (Å²) in [5, 5.41) is 3.38. The molecule has 8 heteroatoms. The summed E-state index contributed by atoms with van der Waals surface area (Å²) in [4.78, 5) is 12.5. The van der Waals surface area contributed by atoms with E-state index in [0.29, 0.717) is 12.2 Å². The van der Waals surface area contributed by atoms with Gasteiger partial charge in [0.2, 0.25) is 0 Å². The van der Waals surface area contributed by atoms with Crippen LogP contribution in [0.1, 0.15) is 81.1 Å². The van der Waals surface area contributed by atoms with Crippen LogP contribution in [0.3, 0.4) is 0 Å². The van der Waals surface area contributed by atoms with E-state index >= 15 is 0 Å². The molecular formula is C33H74N6O2. The summed E-state index contributed by atoms with van der Waals surface area (Å²) in [7, 11) is 2.20. The van der Waals surface area contributed by atoms with Crippen LogP contribution < -0.4 is 5.32 Å². The zero-order chi connectivity index (χ0) is 30.7. The third kappa shape index (κ3) is 19.6. The normalized spacial score (nSPS) is 22.2. The maximum atomic E-state index is 6.02. The quantitative estimate of drug-likeness (QED) is 0.409. The number of nitrogens with zero attached hydrogens (tertiary/aromatic N) is 5. The summed E-state index contributed by atoms with van der Waals surface area (Å²) in [6.45, 7) is 37.2. The van der Waals surface area contributed by atoms with Crippen molar-refractivity contribution in [1.82, 2.24) is 29.8 Å². The molecule has 248 valence electrons. The molecule has 0 atom stereocenters. The van der Waals surface area contributed by atoms with Crippen molar-refractivity contribution in [3.63, 3.8) is 0 Å². The van der Waals surface area contributed by atoms with E-state index in [9.17, 15) is 0 Å². The highest BCUT2D eigenvalue weighted by molar-refractivity contribution is 4.74. The van der Waals surface area contributed by atoms with Gasteiger partial charge in [0.1, 0.15) is 0 Å². The van der Waals surface area contributed by atoms with Gasteiger partial charge in [-0.1, -0.05) is 55.4 Å². The number of ether oxygens (including phenoxy) is 2. The van der Waals surface area contributed by atoms with E-state index in [-0.39, 0.29) is 0 Å². The lowest BCUT2D eigenvalue weighted by Crippen LogP contribution is -2.46. The van der Waals surface area contributed by atoms with E-state index in [1.54, 1.807) is 0 Å². The first-order valence-electron chi connectivity index (χ1n) is 17.7. The maximum Gasteiger partial charge on any atom is 0.0600 e. The fraction of sp³-hybridized carbons (Fsp3) is 1.00. The molecule has 4 fully saturated rings. The number of piperazine rings is 2. The van der Waals surface area contributed by atoms with Crippen LogP contribution in [0.5, 0.6) is 0 Å². The van der Waals surface area contributed by atoms with Gasteiger partial charge < -0.3 is 29.5 Å². The summed E-state index contributed by atoms with van der Waals surface area (Å²) in [5.41, 5.74) is 0. The summed E-state index contributed by atoms with van der Waals surface area (Å²) < 4.78 is 12.0. The molecule has 8 nitrogen and oxygen atoms in total. The van der Waals surface area contributed by atoms with Crippen LogP contribution in [0.4, 0.5) is 0 Å². The second-order valence-corrected chi connectivity index (χ2v) is 10.7. The molecule has 41 heavy (non-hydrogen) atoms. The van der Waals surface area contributed by atoms with Crippen LogP contribution in [0.15, 0.2) is 0 Å². The molecule has 0 bridgehead atoms. The largest absolute Gasteiger partial charge is 0.377 e. The van der Waals surface area contributed by atoms with Crippen LogP contribution in [-0.2, 0) is 9.47 Å². The average molecular weight is 587 g/mol. The smallest absolute Gasteiger partial charge is 0.0600 e. The number of likely N-dealkylation sites (tertiary alicyclic amines) is 2. The van der Waals surface area contributed by atoms with Crippen LogP contribution in [0.25, 0.3) is 0 Å². The second kappa shape index (κ2) is 28.5. The van der Waals surface area contributed by atoms with Gasteiger partial charge in [-0.25, -0.2) is 0 Å². The summed E-state index contributed by atoms with van der Waals surface area (Å²) >= 11 is 0. The van der Waals surface area contributed by atoms with Gasteiger partial charge in [0.25, 0.3) is 0 Å². The first-order chi connectivity index (χ1) is 20.2. The molecule has 0 spiro atoms. The summed E-state index contributed by atoms with van der Waals surface area (Å²) in [6.07, 6.45) is 5.90. The van der Waals surface area contributed by atoms with Crippen molar-refractivity contribution >= 4 is 0 Å². The second-order valence-electron chi connectivity index (χ2n) is 10.7. The predicted molar refractivity (Wildman–Crippen MR) is 179 cm³/mol. The van der Waals surface area contributed by atoms with Gasteiger partial charge in [-0.15, -0.1) is 0 Å². The van der Waals surface area contributed by atoms with Crippen molar-refractivity contribution < 1.29 is 9.47 Å². The van der Waals surface area contributed by atoms with Crippen molar-refractivity contribution in [2.45, 2.75) is 93.3 Å². The Kier molecular flexibility index (Phi) is 28.2. The maximum absolute atomic E-state index is 6.02. The molecule has 4 heterocycles. The Balaban J connectivity index is 0.000000661. The number of rotatable bonds is 10. The molecule has 4 saturated heterocycles. The van der Waals surface area contributed by atoms with Crippen LogP contribution in [0.2, 0.25) is 0 Å². The van der Waals surface area contributed by atoms with Gasteiger partial charge in [-0.2, -0.15) is 0 Å². The first kappa shape index (κ1) is 40.7. The first-order valence-corrected chi connectivity index (χ1v) is 17.7. The zero-order valence-electron chi connectivity index (χ0n) is 29.3. The molecular weight excluding hydrogens is 512 g/mol. The van der Waals surface area contributed by atoms with E-state index in [0.717, 1.165) is 39.4 Å². The number of likely N-dealkylation sites (N-methyl/N-ethyl adjacent to an activating group) is 1. The Hall–Kier alpha value is -0.320. The van der Waals surface area contributed by atoms with E-state index in [1.165, 1.54) is 104 Å². The third-order valence-electron chi connectivity index (χ3n) is 8.29.